The first-order valence-corrected chi connectivity index (χ1v) is 7.88. The molecule has 0 spiro atoms. The van der Waals surface area contributed by atoms with E-state index < -0.39 is 0 Å². The number of amides is 1. The van der Waals surface area contributed by atoms with Gasteiger partial charge in [-0.3, -0.25) is 4.79 Å². The van der Waals surface area contributed by atoms with Crippen molar-refractivity contribution in [1.29, 1.82) is 0 Å². The summed E-state index contributed by atoms with van der Waals surface area (Å²) < 4.78 is 2.02. The monoisotopic (exact) mass is 289 g/mol. The molecule has 2 heterocycles. The third-order valence-electron chi connectivity index (χ3n) is 3.64. The van der Waals surface area contributed by atoms with E-state index in [1.54, 1.807) is 17.4 Å². The lowest BCUT2D eigenvalue weighted by atomic mass is 10.2. The number of nitrogen functional groups attached to an aromatic ring is 1. The van der Waals surface area contributed by atoms with E-state index in [2.05, 4.69) is 18.3 Å². The molecule has 0 aromatic carbocycles. The number of aromatic nitrogens is 1. The summed E-state index contributed by atoms with van der Waals surface area (Å²) in [7, 11) is 0. The number of nitrogens with one attached hydrogen (secondary N) is 1. The van der Waals surface area contributed by atoms with Gasteiger partial charge in [-0.2, -0.15) is 0 Å². The number of hydrogen-bond acceptors (Lipinski definition) is 3. The molecule has 0 saturated heterocycles. The first-order chi connectivity index (χ1) is 9.69. The summed E-state index contributed by atoms with van der Waals surface area (Å²) in [4.78, 5) is 13.7. The Kier molecular flexibility index (Phi) is 3.53. The molecule has 1 aliphatic rings. The fourth-order valence-corrected chi connectivity index (χ4v) is 3.29. The van der Waals surface area contributed by atoms with Gasteiger partial charge in [0.1, 0.15) is 5.69 Å². The average Bonchev–Trinajstić information content (AvgIpc) is 2.99. The van der Waals surface area contributed by atoms with Gasteiger partial charge in [0.05, 0.1) is 11.7 Å². The molecule has 4 nitrogen and oxygen atoms in total. The van der Waals surface area contributed by atoms with E-state index in [9.17, 15) is 4.79 Å². The minimum absolute atomic E-state index is 0.0335. The van der Waals surface area contributed by atoms with Crippen molar-refractivity contribution in [1.82, 2.24) is 9.88 Å². The number of anilines is 1. The fraction of sp³-hybridized carbons (Fsp3) is 0.400. The number of thiophene rings is 1. The summed E-state index contributed by atoms with van der Waals surface area (Å²) in [5.41, 5.74) is 7.18. The highest BCUT2D eigenvalue weighted by molar-refractivity contribution is 7.10. The highest BCUT2D eigenvalue weighted by Gasteiger charge is 2.28. The maximum absolute atomic E-state index is 12.5. The van der Waals surface area contributed by atoms with Crippen molar-refractivity contribution in [3.05, 3.63) is 40.3 Å². The van der Waals surface area contributed by atoms with Crippen LogP contribution < -0.4 is 11.1 Å². The minimum atomic E-state index is -0.0335. The number of carbonyl (C=O) groups is 1. The number of hydrogen-bond donors (Lipinski definition) is 2. The van der Waals surface area contributed by atoms with E-state index in [-0.39, 0.29) is 11.9 Å². The van der Waals surface area contributed by atoms with Crippen LogP contribution in [0.15, 0.2) is 29.8 Å². The molecule has 1 unspecified atom stereocenters. The van der Waals surface area contributed by atoms with Gasteiger partial charge in [-0.05, 0) is 36.8 Å². The third kappa shape index (κ3) is 2.58. The molecular weight excluding hydrogens is 270 g/mol. The van der Waals surface area contributed by atoms with Gasteiger partial charge in [0, 0.05) is 17.1 Å². The Bertz CT molecular complexity index is 599. The topological polar surface area (TPSA) is 60.1 Å². The van der Waals surface area contributed by atoms with Crippen molar-refractivity contribution in [3.63, 3.8) is 0 Å². The van der Waals surface area contributed by atoms with Gasteiger partial charge in [0.2, 0.25) is 0 Å². The highest BCUT2D eigenvalue weighted by atomic mass is 32.1. The second-order valence-electron chi connectivity index (χ2n) is 5.25. The summed E-state index contributed by atoms with van der Waals surface area (Å²) >= 11 is 1.67. The summed E-state index contributed by atoms with van der Waals surface area (Å²) in [5, 5.41) is 5.15. The summed E-state index contributed by atoms with van der Waals surface area (Å²) in [6.07, 6.45) is 5.03. The predicted octanol–water partition coefficient (Wildman–Crippen LogP) is 3.35. The highest BCUT2D eigenvalue weighted by Crippen LogP contribution is 2.37. The Labute approximate surface area is 122 Å². The lowest BCUT2D eigenvalue weighted by Gasteiger charge is -2.16. The first kappa shape index (κ1) is 13.2. The van der Waals surface area contributed by atoms with Crippen LogP contribution in [0.5, 0.6) is 0 Å². The minimum Gasteiger partial charge on any atom is -0.397 e. The molecule has 1 fully saturated rings. The van der Waals surface area contributed by atoms with Crippen LogP contribution in [0.25, 0.3) is 0 Å². The van der Waals surface area contributed by atoms with E-state index >= 15 is 0 Å². The number of nitrogens with zero attached hydrogens (tertiary/aromatic N) is 1. The molecule has 2 aromatic heterocycles. The van der Waals surface area contributed by atoms with Crippen molar-refractivity contribution < 1.29 is 4.79 Å². The summed E-state index contributed by atoms with van der Waals surface area (Å²) in [6.45, 7) is 2.08. The van der Waals surface area contributed by atoms with Crippen LogP contribution >= 0.6 is 11.3 Å². The zero-order chi connectivity index (χ0) is 14.1. The van der Waals surface area contributed by atoms with Crippen molar-refractivity contribution in [2.24, 2.45) is 0 Å². The largest absolute Gasteiger partial charge is 0.397 e. The fourth-order valence-electron chi connectivity index (χ4n) is 2.43. The summed E-state index contributed by atoms with van der Waals surface area (Å²) in [6, 6.07) is 6.38. The molecule has 20 heavy (non-hydrogen) atoms. The molecule has 3 rings (SSSR count). The molecule has 1 amide bonds. The smallest absolute Gasteiger partial charge is 0.268 e. The average molecular weight is 289 g/mol. The second-order valence-corrected chi connectivity index (χ2v) is 6.23. The molecule has 0 aliphatic heterocycles. The van der Waals surface area contributed by atoms with Crippen LogP contribution in [0, 0.1) is 0 Å². The molecule has 1 aliphatic carbocycles. The summed E-state index contributed by atoms with van der Waals surface area (Å²) in [5.74, 6) is -0.0335. The van der Waals surface area contributed by atoms with Crippen molar-refractivity contribution in [2.45, 2.75) is 38.3 Å². The Hall–Kier alpha value is -1.75. The molecule has 2 aromatic rings. The van der Waals surface area contributed by atoms with E-state index in [0.29, 0.717) is 17.4 Å². The standard InChI is InChI=1S/C15H19N3OS/c1-2-12(14-4-3-7-20-14)17-15(19)13-8-10(16)9-18(13)11-5-6-11/h3-4,7-9,11-12H,2,5-6,16H2,1H3,(H,17,19). The predicted molar refractivity (Wildman–Crippen MR) is 81.9 cm³/mol. The zero-order valence-corrected chi connectivity index (χ0v) is 12.3. The number of carbonyl (C=O) groups excluding carboxylic acids is 1. The maximum atomic E-state index is 12.5. The molecule has 5 heteroatoms. The normalized spacial score (nSPS) is 16.1. The molecule has 0 radical (unpaired) electrons. The lowest BCUT2D eigenvalue weighted by molar-refractivity contribution is 0.0926. The SMILES string of the molecule is CCC(NC(=O)c1cc(N)cn1C1CC1)c1cccs1. The van der Waals surface area contributed by atoms with Crippen molar-refractivity contribution in [2.75, 3.05) is 5.73 Å². The van der Waals surface area contributed by atoms with E-state index in [4.69, 9.17) is 5.73 Å². The van der Waals surface area contributed by atoms with E-state index in [1.807, 2.05) is 22.2 Å². The van der Waals surface area contributed by atoms with E-state index in [0.717, 1.165) is 19.3 Å². The Morgan fingerprint density at radius 3 is 3.00 bits per heavy atom. The molecule has 106 valence electrons. The van der Waals surface area contributed by atoms with Crippen LogP contribution in [0.3, 0.4) is 0 Å². The van der Waals surface area contributed by atoms with Crippen LogP contribution in [-0.4, -0.2) is 10.5 Å². The molecule has 1 atom stereocenters. The van der Waals surface area contributed by atoms with Gasteiger partial charge in [-0.15, -0.1) is 11.3 Å². The van der Waals surface area contributed by atoms with E-state index in [1.165, 1.54) is 4.88 Å². The van der Waals surface area contributed by atoms with Crippen molar-refractivity contribution >= 4 is 22.9 Å². The van der Waals surface area contributed by atoms with Gasteiger partial charge in [0.25, 0.3) is 5.91 Å². The Morgan fingerprint density at radius 1 is 1.60 bits per heavy atom. The van der Waals surface area contributed by atoms with Gasteiger partial charge in [-0.1, -0.05) is 13.0 Å². The molecular formula is C15H19N3OS. The van der Waals surface area contributed by atoms with Gasteiger partial charge in [-0.25, -0.2) is 0 Å². The molecule has 3 N–H and O–H groups in total. The number of rotatable bonds is 5. The van der Waals surface area contributed by atoms with Gasteiger partial charge in [0.15, 0.2) is 0 Å². The van der Waals surface area contributed by atoms with Crippen LogP contribution in [0.1, 0.15) is 53.6 Å². The van der Waals surface area contributed by atoms with Gasteiger partial charge < -0.3 is 15.6 Å². The Balaban J connectivity index is 1.78. The maximum Gasteiger partial charge on any atom is 0.268 e. The third-order valence-corrected chi connectivity index (χ3v) is 4.63. The number of nitrogens with two attached hydrogens (primary N) is 1. The van der Waals surface area contributed by atoms with Gasteiger partial charge >= 0.3 is 0 Å². The quantitative estimate of drug-likeness (QED) is 0.886. The Morgan fingerprint density at radius 2 is 2.40 bits per heavy atom. The molecule has 1 saturated carbocycles. The molecule has 0 bridgehead atoms. The van der Waals surface area contributed by atoms with Crippen molar-refractivity contribution in [3.8, 4) is 0 Å². The lowest BCUT2D eigenvalue weighted by Crippen LogP contribution is -2.29. The second kappa shape index (κ2) is 5.32. The van der Waals surface area contributed by atoms with Crippen LogP contribution in [0.2, 0.25) is 0 Å². The van der Waals surface area contributed by atoms with Crippen LogP contribution in [0.4, 0.5) is 5.69 Å². The zero-order valence-electron chi connectivity index (χ0n) is 11.5. The first-order valence-electron chi connectivity index (χ1n) is 7.00. The van der Waals surface area contributed by atoms with Crippen LogP contribution in [-0.2, 0) is 0 Å².